The number of likely N-dealkylation sites (tertiary alicyclic amines) is 2. The number of piperazine rings is 2. The number of nitrogens with zero attached hydrogens (tertiary/aromatic N) is 11. The monoisotopic (exact) mass is 1240 g/mol. The van der Waals surface area contributed by atoms with E-state index in [1.165, 1.54) is 17.9 Å². The molecule has 8 atom stereocenters. The van der Waals surface area contributed by atoms with Crippen LogP contribution in [0.15, 0.2) is 37.2 Å². The molecule has 4 saturated heterocycles. The lowest BCUT2D eigenvalue weighted by atomic mass is 9.91. The number of benzene rings is 2. The van der Waals surface area contributed by atoms with E-state index in [0.29, 0.717) is 36.6 Å². The summed E-state index contributed by atoms with van der Waals surface area (Å²) in [6, 6.07) is 1.04. The number of likely N-dealkylation sites (N-methyl/N-ethyl adjacent to an activating group) is 2. The second kappa shape index (κ2) is 25.1. The molecule has 4 aromatic rings. The summed E-state index contributed by atoms with van der Waals surface area (Å²) in [5.74, 6) is -4.48. The number of rotatable bonds is 15. The van der Waals surface area contributed by atoms with E-state index in [2.05, 4.69) is 28.4 Å². The van der Waals surface area contributed by atoms with E-state index in [1.807, 2.05) is 27.7 Å². The van der Waals surface area contributed by atoms with Crippen LogP contribution in [0, 0.1) is 36.8 Å². The molecule has 8 heterocycles. The summed E-state index contributed by atoms with van der Waals surface area (Å²) in [5.41, 5.74) is 1.57. The number of ether oxygens (including phenoxy) is 4. The van der Waals surface area contributed by atoms with E-state index in [9.17, 15) is 36.8 Å². The minimum atomic E-state index is -5.04. The van der Waals surface area contributed by atoms with Crippen LogP contribution in [0.25, 0.3) is 0 Å². The lowest BCUT2D eigenvalue weighted by Crippen LogP contribution is -2.55. The van der Waals surface area contributed by atoms with Crippen LogP contribution in [0.5, 0.6) is 12.0 Å². The first-order valence-corrected chi connectivity index (χ1v) is 28.7. The van der Waals surface area contributed by atoms with Gasteiger partial charge in [0, 0.05) is 112 Å². The number of alkyl halides is 7. The summed E-state index contributed by atoms with van der Waals surface area (Å²) in [7, 11) is 3.50. The highest BCUT2D eigenvalue weighted by atomic mass is 19.4. The third kappa shape index (κ3) is 12.8. The number of nitrogens with one attached hydrogen (secondary N) is 1. The molecule has 88 heavy (non-hydrogen) atoms. The van der Waals surface area contributed by atoms with Crippen LogP contribution in [0.1, 0.15) is 94.3 Å². The fourth-order valence-electron chi connectivity index (χ4n) is 13.1. The van der Waals surface area contributed by atoms with Crippen LogP contribution in [0.3, 0.4) is 0 Å². The summed E-state index contributed by atoms with van der Waals surface area (Å²) in [6.07, 6.45) is -13.5. The highest BCUT2D eigenvalue weighted by Gasteiger charge is 2.45. The van der Waals surface area contributed by atoms with Crippen LogP contribution in [-0.4, -0.2) is 167 Å². The molecule has 2 aromatic heterocycles. The smallest absolute Gasteiger partial charge is 0.417 e. The summed E-state index contributed by atoms with van der Waals surface area (Å²) >= 11 is 0. The molecule has 0 radical (unpaired) electrons. The molecule has 2 aromatic carbocycles. The Morgan fingerprint density at radius 3 is 1.92 bits per heavy atom. The van der Waals surface area contributed by atoms with Gasteiger partial charge in [-0.25, -0.2) is 17.6 Å². The van der Waals surface area contributed by atoms with Crippen LogP contribution in [-0.2, 0) is 57.5 Å². The van der Waals surface area contributed by atoms with Gasteiger partial charge in [-0.2, -0.15) is 51.5 Å². The maximum Gasteiger partial charge on any atom is 0.417 e. The molecule has 6 aliphatic rings. The van der Waals surface area contributed by atoms with E-state index >= 15 is 22.0 Å². The molecule has 4 fully saturated rings. The average molecular weight is 1240 g/mol. The summed E-state index contributed by atoms with van der Waals surface area (Å²) in [4.78, 5) is 54.2. The lowest BCUT2D eigenvalue weighted by molar-refractivity contribution is -0.141. The molecule has 474 valence electrons. The number of nitriles is 1. The van der Waals surface area contributed by atoms with E-state index in [4.69, 9.17) is 34.6 Å². The zero-order valence-corrected chi connectivity index (χ0v) is 49.0. The zero-order valence-electron chi connectivity index (χ0n) is 49.0. The van der Waals surface area contributed by atoms with Crippen molar-refractivity contribution in [1.29, 1.82) is 5.26 Å². The van der Waals surface area contributed by atoms with Crippen LogP contribution >= 0.6 is 0 Å². The summed E-state index contributed by atoms with van der Waals surface area (Å²) < 4.78 is 176. The quantitative estimate of drug-likeness (QED) is 0.0657. The number of carbonyl (C=O) groups is 2. The first kappa shape index (κ1) is 63.5. The Bertz CT molecular complexity index is 3420. The van der Waals surface area contributed by atoms with E-state index in [1.54, 1.807) is 23.9 Å². The van der Waals surface area contributed by atoms with Crippen LogP contribution in [0.4, 0.5) is 66.9 Å². The number of carbonyl (C=O) groups excluding carboxylic acids is 2. The number of hydrogen-bond acceptors (Lipinski definition) is 17. The van der Waals surface area contributed by atoms with Crippen molar-refractivity contribution in [3.63, 3.8) is 0 Å². The molecule has 0 bridgehead atoms. The fourth-order valence-corrected chi connectivity index (χ4v) is 13.1. The highest BCUT2D eigenvalue weighted by Crippen LogP contribution is 2.47. The predicted molar refractivity (Wildman–Crippen MR) is 300 cm³/mol. The van der Waals surface area contributed by atoms with E-state index in [-0.39, 0.29) is 142 Å². The van der Waals surface area contributed by atoms with Gasteiger partial charge in [0.1, 0.15) is 31.0 Å². The number of halogens is 10. The van der Waals surface area contributed by atoms with Crippen molar-refractivity contribution in [3.8, 4) is 18.1 Å². The maximum absolute atomic E-state index is 17.4. The van der Waals surface area contributed by atoms with Gasteiger partial charge in [-0.15, -0.1) is 0 Å². The van der Waals surface area contributed by atoms with Crippen molar-refractivity contribution in [3.05, 3.63) is 105 Å². The zero-order chi connectivity index (χ0) is 63.4. The number of amides is 2. The molecule has 3 N–H and O–H groups in total. The van der Waals surface area contributed by atoms with E-state index < -0.39 is 113 Å². The van der Waals surface area contributed by atoms with Crippen LogP contribution < -0.4 is 30.3 Å². The second-order valence-corrected chi connectivity index (χ2v) is 23.4. The Labute approximate surface area is 501 Å². The van der Waals surface area contributed by atoms with Gasteiger partial charge in [-0.3, -0.25) is 19.4 Å². The Morgan fingerprint density at radius 1 is 0.795 bits per heavy atom. The normalized spacial score (nSPS) is 24.4. The number of anilines is 4. The molecule has 29 heteroatoms. The van der Waals surface area contributed by atoms with Gasteiger partial charge in [0.05, 0.1) is 77.8 Å². The third-order valence-electron chi connectivity index (χ3n) is 17.4. The maximum atomic E-state index is 17.4. The van der Waals surface area contributed by atoms with Crippen molar-refractivity contribution < 1.29 is 72.4 Å². The fraction of sp³-hybridized carbons (Fsp3) is 0.542. The number of aryl methyl sites for hydroxylation is 2. The van der Waals surface area contributed by atoms with Gasteiger partial charge < -0.3 is 49.6 Å². The SMILES string of the molecule is C=CC(=O)N1CCN(c2nc(OC[C@@H]3C[C@@H](F)CN3C)nc3c2COC(c2c(F)c(NC4C[C@@H](COc5nc6c(c(N7CCN(C(=O)C(=C)F)C(CC#N)C7)n5)COC(c5c(F)c(N)cc(C)c5C(F)(F)F)C6)N(C)C4)cc(C)c2C(F)(F)F)C3)[C@@H](C)C1. The largest absolute Gasteiger partial charge is 0.462 e. The second-order valence-electron chi connectivity index (χ2n) is 23.4. The van der Waals surface area contributed by atoms with Gasteiger partial charge in [-0.05, 0) is 77.0 Å². The molecule has 19 nitrogen and oxygen atoms in total. The topological polar surface area (TPSA) is 204 Å². The van der Waals surface area contributed by atoms with Crippen molar-refractivity contribution in [2.75, 3.05) is 101 Å². The number of nitrogens with two attached hydrogens (primary N) is 1. The molecule has 0 spiro atoms. The molecule has 6 aliphatic heterocycles. The Hall–Kier alpha value is -7.55. The Kier molecular flexibility index (Phi) is 18.1. The molecule has 2 amide bonds. The first-order valence-electron chi connectivity index (χ1n) is 28.7. The Balaban J connectivity index is 0.912. The molecule has 0 saturated carbocycles. The molecular formula is C59H67F10N13O6. The number of hydrogen-bond donors (Lipinski definition) is 2. The standard InChI is InChI=1S/C59H67F10N13O6/c1-8-46(83)79-11-13-81(31(4)21-79)54-39-28-86-45(20-42(39)74-57(76-54)87-25-36-17-33(61)22-77(36)6)48-50(59(67,68)69)30(3)16-43(52(48)63)72-34-18-37(78(7)23-34)26-88-56-73-41-19-44(47-49(58(64,65)66)29(2)15-40(71)51(47)62)85-27-38(41)53(75-56)80-12-14-82(55(84)32(5)60)35(24-80)9-10-70/h8,15-16,31,33-37,44-45,72H,1,5,9,11-14,17-28,71H2,2-4,6-7H3/t31-,33+,34?,35?,36-,37-,44?,45?/m0/s1. The highest BCUT2D eigenvalue weighted by molar-refractivity contribution is 5.91. The van der Waals surface area contributed by atoms with Gasteiger partial charge in [0.25, 0.3) is 5.91 Å². The summed E-state index contributed by atoms with van der Waals surface area (Å²) in [6.45, 7) is 11.3. The average Bonchev–Trinajstić information content (AvgIpc) is 1.18. The number of nitrogen functional groups attached to an aromatic ring is 1. The van der Waals surface area contributed by atoms with Crippen LogP contribution in [0.2, 0.25) is 0 Å². The van der Waals surface area contributed by atoms with Gasteiger partial charge in [-0.1, -0.05) is 13.2 Å². The number of aromatic nitrogens is 4. The van der Waals surface area contributed by atoms with Gasteiger partial charge in [0.2, 0.25) is 5.91 Å². The van der Waals surface area contributed by atoms with Crippen molar-refractivity contribution in [2.45, 2.75) is 127 Å². The molecule has 0 aliphatic carbocycles. The minimum absolute atomic E-state index is 0.0104. The van der Waals surface area contributed by atoms with Crippen molar-refractivity contribution in [2.24, 2.45) is 0 Å². The third-order valence-corrected chi connectivity index (χ3v) is 17.4. The minimum Gasteiger partial charge on any atom is -0.462 e. The molecular weight excluding hydrogens is 1180 g/mol. The Morgan fingerprint density at radius 2 is 1.36 bits per heavy atom. The number of fused-ring (bicyclic) bond motifs is 2. The predicted octanol–water partition coefficient (Wildman–Crippen LogP) is 8.03. The first-order chi connectivity index (χ1) is 41.6. The van der Waals surface area contributed by atoms with E-state index in [0.717, 1.165) is 19.1 Å². The molecule has 10 rings (SSSR count). The summed E-state index contributed by atoms with van der Waals surface area (Å²) in [5, 5.41) is 12.8. The van der Waals surface area contributed by atoms with Crippen molar-refractivity contribution >= 4 is 34.8 Å². The molecule has 4 unspecified atom stereocenters. The van der Waals surface area contributed by atoms with Gasteiger partial charge >= 0.3 is 24.4 Å². The van der Waals surface area contributed by atoms with Crippen molar-refractivity contribution in [1.82, 2.24) is 39.5 Å². The van der Waals surface area contributed by atoms with Gasteiger partial charge in [0.15, 0.2) is 17.5 Å². The lowest BCUT2D eigenvalue weighted by Gasteiger charge is -2.42.